The number of hydrogen-bond acceptors (Lipinski definition) is 6. The van der Waals surface area contributed by atoms with Crippen molar-refractivity contribution in [3.8, 4) is 23.1 Å². The molecular weight excluding hydrogens is 346 g/mol. The summed E-state index contributed by atoms with van der Waals surface area (Å²) in [6, 6.07) is 12.9. The molecule has 1 amide bonds. The zero-order valence-electron chi connectivity index (χ0n) is 15.3. The van der Waals surface area contributed by atoms with E-state index in [-0.39, 0.29) is 19.1 Å². The summed E-state index contributed by atoms with van der Waals surface area (Å²) in [5.41, 5.74) is 2.82. The standard InChI is InChI=1S/C20H21N3O4/c1-14-10-15(2)12-16(11-14)27-13-19(24)21-7-9-26-20-6-5-17(22-23-20)18-4-3-8-25-18/h3-6,8,10-12H,7,9,13H2,1-2H3,(H,21,24). The van der Waals surface area contributed by atoms with E-state index in [0.29, 0.717) is 29.6 Å². The van der Waals surface area contributed by atoms with Gasteiger partial charge in [0, 0.05) is 6.07 Å². The van der Waals surface area contributed by atoms with Crippen LogP contribution in [-0.2, 0) is 4.79 Å². The minimum atomic E-state index is -0.211. The van der Waals surface area contributed by atoms with Gasteiger partial charge in [-0.25, -0.2) is 0 Å². The van der Waals surface area contributed by atoms with Crippen molar-refractivity contribution in [2.24, 2.45) is 0 Å². The second-order valence-corrected chi connectivity index (χ2v) is 6.04. The monoisotopic (exact) mass is 367 g/mol. The molecule has 2 heterocycles. The molecule has 7 heteroatoms. The lowest BCUT2D eigenvalue weighted by molar-refractivity contribution is -0.123. The molecule has 0 atom stereocenters. The first-order valence-corrected chi connectivity index (χ1v) is 8.58. The van der Waals surface area contributed by atoms with Gasteiger partial charge < -0.3 is 19.2 Å². The lowest BCUT2D eigenvalue weighted by atomic mass is 10.1. The zero-order valence-corrected chi connectivity index (χ0v) is 15.3. The van der Waals surface area contributed by atoms with Gasteiger partial charge in [-0.2, -0.15) is 0 Å². The van der Waals surface area contributed by atoms with E-state index < -0.39 is 0 Å². The van der Waals surface area contributed by atoms with Crippen LogP contribution < -0.4 is 14.8 Å². The summed E-state index contributed by atoms with van der Waals surface area (Å²) in [5.74, 6) is 1.50. The maximum absolute atomic E-state index is 11.8. The molecule has 3 aromatic rings. The first kappa shape index (κ1) is 18.4. The van der Waals surface area contributed by atoms with Crippen molar-refractivity contribution in [3.05, 3.63) is 59.9 Å². The fourth-order valence-electron chi connectivity index (χ4n) is 2.51. The molecule has 27 heavy (non-hydrogen) atoms. The van der Waals surface area contributed by atoms with Gasteiger partial charge in [0.05, 0.1) is 12.8 Å². The Balaban J connectivity index is 1.36. The zero-order chi connectivity index (χ0) is 19.1. The van der Waals surface area contributed by atoms with Crippen LogP contribution in [0.15, 0.2) is 53.1 Å². The smallest absolute Gasteiger partial charge is 0.258 e. The Kier molecular flexibility index (Phi) is 6.04. The number of carbonyl (C=O) groups excluding carboxylic acids is 1. The van der Waals surface area contributed by atoms with Crippen LogP contribution in [0, 0.1) is 13.8 Å². The first-order valence-electron chi connectivity index (χ1n) is 8.58. The Labute approximate surface area is 157 Å². The minimum Gasteiger partial charge on any atom is -0.484 e. The molecule has 3 rings (SSSR count). The lowest BCUT2D eigenvalue weighted by Gasteiger charge is -2.09. The molecule has 1 N–H and O–H groups in total. The summed E-state index contributed by atoms with van der Waals surface area (Å²) in [4.78, 5) is 11.8. The molecule has 0 bridgehead atoms. The molecule has 0 fully saturated rings. The highest BCUT2D eigenvalue weighted by atomic mass is 16.5. The molecule has 140 valence electrons. The predicted molar refractivity (Wildman–Crippen MR) is 99.6 cm³/mol. The van der Waals surface area contributed by atoms with Crippen LogP contribution in [0.3, 0.4) is 0 Å². The van der Waals surface area contributed by atoms with Gasteiger partial charge in [0.2, 0.25) is 5.88 Å². The fraction of sp³-hybridized carbons (Fsp3) is 0.250. The van der Waals surface area contributed by atoms with E-state index >= 15 is 0 Å². The maximum Gasteiger partial charge on any atom is 0.258 e. The van der Waals surface area contributed by atoms with Crippen molar-refractivity contribution < 1.29 is 18.7 Å². The van der Waals surface area contributed by atoms with Gasteiger partial charge in [0.1, 0.15) is 18.1 Å². The number of rotatable bonds is 8. The Morgan fingerprint density at radius 1 is 1.07 bits per heavy atom. The number of aryl methyl sites for hydroxylation is 2. The number of carbonyl (C=O) groups is 1. The molecule has 7 nitrogen and oxygen atoms in total. The summed E-state index contributed by atoms with van der Waals surface area (Å²) in [7, 11) is 0. The third-order valence-electron chi connectivity index (χ3n) is 3.65. The van der Waals surface area contributed by atoms with E-state index in [1.165, 1.54) is 0 Å². The van der Waals surface area contributed by atoms with Crippen molar-refractivity contribution in [2.75, 3.05) is 19.8 Å². The summed E-state index contributed by atoms with van der Waals surface area (Å²) in [6.07, 6.45) is 1.58. The van der Waals surface area contributed by atoms with E-state index in [9.17, 15) is 4.79 Å². The highest BCUT2D eigenvalue weighted by Gasteiger charge is 2.06. The summed E-state index contributed by atoms with van der Waals surface area (Å²) in [5, 5.41) is 10.7. The summed E-state index contributed by atoms with van der Waals surface area (Å²) >= 11 is 0. The van der Waals surface area contributed by atoms with Gasteiger partial charge >= 0.3 is 0 Å². The number of nitrogens with one attached hydrogen (secondary N) is 1. The number of benzene rings is 1. The van der Waals surface area contributed by atoms with Gasteiger partial charge in [-0.1, -0.05) is 6.07 Å². The van der Waals surface area contributed by atoms with Crippen LogP contribution in [0.2, 0.25) is 0 Å². The molecule has 0 aliphatic carbocycles. The second-order valence-electron chi connectivity index (χ2n) is 6.04. The molecular formula is C20H21N3O4. The Morgan fingerprint density at radius 2 is 1.89 bits per heavy atom. The molecule has 0 aliphatic rings. The van der Waals surface area contributed by atoms with Crippen LogP contribution in [0.1, 0.15) is 11.1 Å². The minimum absolute atomic E-state index is 0.0411. The van der Waals surface area contributed by atoms with Crippen molar-refractivity contribution in [1.29, 1.82) is 0 Å². The van der Waals surface area contributed by atoms with Gasteiger partial charge in [0.25, 0.3) is 5.91 Å². The molecule has 0 saturated heterocycles. The van der Waals surface area contributed by atoms with E-state index in [2.05, 4.69) is 15.5 Å². The fourth-order valence-corrected chi connectivity index (χ4v) is 2.51. The van der Waals surface area contributed by atoms with Gasteiger partial charge in [-0.05, 0) is 55.3 Å². The van der Waals surface area contributed by atoms with Gasteiger partial charge in [-0.15, -0.1) is 10.2 Å². The predicted octanol–water partition coefficient (Wildman–Crippen LogP) is 2.93. The number of furan rings is 1. The average molecular weight is 367 g/mol. The Morgan fingerprint density at radius 3 is 2.56 bits per heavy atom. The largest absolute Gasteiger partial charge is 0.484 e. The number of nitrogens with zero attached hydrogens (tertiary/aromatic N) is 2. The number of aromatic nitrogens is 2. The topological polar surface area (TPSA) is 86.5 Å². The van der Waals surface area contributed by atoms with Crippen molar-refractivity contribution in [1.82, 2.24) is 15.5 Å². The normalized spacial score (nSPS) is 10.4. The summed E-state index contributed by atoms with van der Waals surface area (Å²) in [6.45, 7) is 4.56. The van der Waals surface area contributed by atoms with E-state index in [1.54, 1.807) is 30.5 Å². The average Bonchev–Trinajstić information content (AvgIpc) is 3.18. The third kappa shape index (κ3) is 5.57. The Bertz CT molecular complexity index is 857. The number of amides is 1. The molecule has 0 unspecified atom stereocenters. The Hall–Kier alpha value is -3.35. The van der Waals surface area contributed by atoms with E-state index in [0.717, 1.165) is 11.1 Å². The van der Waals surface area contributed by atoms with Crippen LogP contribution in [0.4, 0.5) is 0 Å². The first-order chi connectivity index (χ1) is 13.1. The molecule has 0 saturated carbocycles. The van der Waals surface area contributed by atoms with Crippen LogP contribution in [0.25, 0.3) is 11.5 Å². The van der Waals surface area contributed by atoms with Gasteiger partial charge in [0.15, 0.2) is 12.4 Å². The highest BCUT2D eigenvalue weighted by Crippen LogP contribution is 2.18. The van der Waals surface area contributed by atoms with Crippen molar-refractivity contribution in [3.63, 3.8) is 0 Å². The van der Waals surface area contributed by atoms with Crippen molar-refractivity contribution in [2.45, 2.75) is 13.8 Å². The van der Waals surface area contributed by atoms with Crippen molar-refractivity contribution >= 4 is 5.91 Å². The molecule has 0 spiro atoms. The molecule has 0 aliphatic heterocycles. The van der Waals surface area contributed by atoms with Crippen LogP contribution in [-0.4, -0.2) is 35.9 Å². The van der Waals surface area contributed by atoms with Crippen LogP contribution in [0.5, 0.6) is 11.6 Å². The second kappa shape index (κ2) is 8.84. The van der Waals surface area contributed by atoms with E-state index in [1.807, 2.05) is 32.0 Å². The number of hydrogen-bond donors (Lipinski definition) is 1. The van der Waals surface area contributed by atoms with Crippen LogP contribution >= 0.6 is 0 Å². The highest BCUT2D eigenvalue weighted by molar-refractivity contribution is 5.77. The lowest BCUT2D eigenvalue weighted by Crippen LogP contribution is -2.32. The molecule has 1 aromatic carbocycles. The number of ether oxygens (including phenoxy) is 2. The quantitative estimate of drug-likeness (QED) is 0.616. The third-order valence-corrected chi connectivity index (χ3v) is 3.65. The maximum atomic E-state index is 11.8. The van der Waals surface area contributed by atoms with Gasteiger partial charge in [-0.3, -0.25) is 4.79 Å². The summed E-state index contributed by atoms with van der Waals surface area (Å²) < 4.78 is 16.2. The van der Waals surface area contributed by atoms with E-state index in [4.69, 9.17) is 13.9 Å². The SMILES string of the molecule is Cc1cc(C)cc(OCC(=O)NCCOc2ccc(-c3ccco3)nn2)c1. The molecule has 0 radical (unpaired) electrons. The molecule has 2 aromatic heterocycles.